The summed E-state index contributed by atoms with van der Waals surface area (Å²) in [7, 11) is 0. The summed E-state index contributed by atoms with van der Waals surface area (Å²) < 4.78 is 13.2. The lowest BCUT2D eigenvalue weighted by Gasteiger charge is -2.25. The van der Waals surface area contributed by atoms with Crippen molar-refractivity contribution in [2.24, 2.45) is 5.92 Å². The molecule has 1 aromatic rings. The molecule has 0 saturated carbocycles. The summed E-state index contributed by atoms with van der Waals surface area (Å²) in [5, 5.41) is 5.52. The van der Waals surface area contributed by atoms with E-state index in [0.717, 1.165) is 17.7 Å². The van der Waals surface area contributed by atoms with Crippen LogP contribution < -0.4 is 10.6 Å². The van der Waals surface area contributed by atoms with Crippen LogP contribution >= 0.6 is 0 Å². The monoisotopic (exact) mass is 377 g/mol. The highest BCUT2D eigenvalue weighted by molar-refractivity contribution is 6.09. The second kappa shape index (κ2) is 8.50. The van der Waals surface area contributed by atoms with Gasteiger partial charge in [-0.2, -0.15) is 0 Å². The Morgan fingerprint density at radius 1 is 1.19 bits per heavy atom. The van der Waals surface area contributed by atoms with E-state index < -0.39 is 23.3 Å². The molecule has 6 nitrogen and oxygen atoms in total. The molecule has 1 aliphatic rings. The van der Waals surface area contributed by atoms with Gasteiger partial charge in [0.15, 0.2) is 0 Å². The Balaban J connectivity index is 2.08. The standard InChI is InChI=1S/C20H28FN3O3/c1-5-20(15-8-10-16(21)11-9-15)18(26)24(19(27)23-20)12-17(25)22-14(4)7-6-13(2)3/h8-11,13-14H,5-7,12H2,1-4H3,(H,22,25)(H,23,27)/t14-,20+/m0/s1. The number of imide groups is 1. The smallest absolute Gasteiger partial charge is 0.325 e. The molecule has 1 saturated heterocycles. The van der Waals surface area contributed by atoms with Gasteiger partial charge in [-0.15, -0.1) is 0 Å². The van der Waals surface area contributed by atoms with Gasteiger partial charge in [0.25, 0.3) is 5.91 Å². The second-order valence-corrected chi connectivity index (χ2v) is 7.53. The van der Waals surface area contributed by atoms with Crippen LogP contribution in [0.1, 0.15) is 52.5 Å². The van der Waals surface area contributed by atoms with Crippen LogP contribution in [0.2, 0.25) is 0 Å². The fourth-order valence-corrected chi connectivity index (χ4v) is 3.26. The van der Waals surface area contributed by atoms with Gasteiger partial charge in [-0.1, -0.05) is 32.9 Å². The lowest BCUT2D eigenvalue weighted by atomic mass is 9.87. The third-order valence-electron chi connectivity index (χ3n) is 4.93. The molecular weight excluding hydrogens is 349 g/mol. The van der Waals surface area contributed by atoms with E-state index in [1.807, 2.05) is 6.92 Å². The van der Waals surface area contributed by atoms with Crippen molar-refractivity contribution in [1.82, 2.24) is 15.5 Å². The third-order valence-corrected chi connectivity index (χ3v) is 4.93. The van der Waals surface area contributed by atoms with Crippen LogP contribution in [0.5, 0.6) is 0 Å². The van der Waals surface area contributed by atoms with Crippen molar-refractivity contribution in [3.8, 4) is 0 Å². The Labute approximate surface area is 159 Å². The molecule has 1 aromatic carbocycles. The van der Waals surface area contributed by atoms with Crippen LogP contribution in [0.4, 0.5) is 9.18 Å². The van der Waals surface area contributed by atoms with Crippen molar-refractivity contribution in [3.63, 3.8) is 0 Å². The van der Waals surface area contributed by atoms with E-state index in [1.165, 1.54) is 24.3 Å². The summed E-state index contributed by atoms with van der Waals surface area (Å²) in [5.41, 5.74) is -0.771. The van der Waals surface area contributed by atoms with Crippen molar-refractivity contribution < 1.29 is 18.8 Å². The van der Waals surface area contributed by atoms with Gasteiger partial charge in [0.2, 0.25) is 5.91 Å². The van der Waals surface area contributed by atoms with Crippen LogP contribution in [-0.2, 0) is 15.1 Å². The molecule has 0 radical (unpaired) electrons. The minimum Gasteiger partial charge on any atom is -0.352 e. The van der Waals surface area contributed by atoms with Crippen LogP contribution in [-0.4, -0.2) is 35.3 Å². The Kier molecular flexibility index (Phi) is 6.57. The van der Waals surface area contributed by atoms with Crippen LogP contribution in [0.3, 0.4) is 0 Å². The lowest BCUT2D eigenvalue weighted by Crippen LogP contribution is -2.45. The number of hydrogen-bond acceptors (Lipinski definition) is 3. The summed E-state index contributed by atoms with van der Waals surface area (Å²) >= 11 is 0. The van der Waals surface area contributed by atoms with Gasteiger partial charge in [-0.05, 0) is 49.8 Å². The molecule has 2 rings (SSSR count). The summed E-state index contributed by atoms with van der Waals surface area (Å²) in [6.45, 7) is 7.56. The molecular formula is C20H28FN3O3. The van der Waals surface area contributed by atoms with Gasteiger partial charge >= 0.3 is 6.03 Å². The predicted octanol–water partition coefficient (Wildman–Crippen LogP) is 2.92. The average Bonchev–Trinajstić information content (AvgIpc) is 2.85. The van der Waals surface area contributed by atoms with Crippen molar-refractivity contribution in [2.75, 3.05) is 6.54 Å². The molecule has 1 heterocycles. The van der Waals surface area contributed by atoms with E-state index in [4.69, 9.17) is 0 Å². The maximum absolute atomic E-state index is 13.2. The number of carbonyl (C=O) groups excluding carboxylic acids is 3. The first-order valence-corrected chi connectivity index (χ1v) is 9.39. The summed E-state index contributed by atoms with van der Waals surface area (Å²) in [6.07, 6.45) is 2.11. The number of carbonyl (C=O) groups is 3. The summed E-state index contributed by atoms with van der Waals surface area (Å²) in [5.74, 6) is -0.753. The number of halogens is 1. The number of hydrogen-bond donors (Lipinski definition) is 2. The molecule has 1 fully saturated rings. The van der Waals surface area contributed by atoms with Gasteiger partial charge in [0.05, 0.1) is 0 Å². The molecule has 7 heteroatoms. The number of rotatable bonds is 8. The zero-order valence-electron chi connectivity index (χ0n) is 16.3. The Bertz CT molecular complexity index is 705. The quantitative estimate of drug-likeness (QED) is 0.684. The molecule has 0 aromatic heterocycles. The van der Waals surface area contributed by atoms with Crippen LogP contribution in [0.25, 0.3) is 0 Å². The number of urea groups is 1. The highest BCUT2D eigenvalue weighted by Crippen LogP contribution is 2.32. The number of amides is 4. The first kappa shape index (κ1) is 20.9. The zero-order chi connectivity index (χ0) is 20.2. The van der Waals surface area contributed by atoms with Crippen molar-refractivity contribution in [1.29, 1.82) is 0 Å². The Morgan fingerprint density at radius 2 is 1.81 bits per heavy atom. The second-order valence-electron chi connectivity index (χ2n) is 7.53. The Morgan fingerprint density at radius 3 is 2.37 bits per heavy atom. The maximum atomic E-state index is 13.2. The molecule has 148 valence electrons. The number of nitrogens with zero attached hydrogens (tertiary/aromatic N) is 1. The van der Waals surface area contributed by atoms with Gasteiger partial charge in [-0.25, -0.2) is 9.18 Å². The minimum absolute atomic E-state index is 0.0336. The van der Waals surface area contributed by atoms with Crippen LogP contribution in [0, 0.1) is 11.7 Å². The highest BCUT2D eigenvalue weighted by Gasteiger charge is 2.51. The van der Waals surface area contributed by atoms with E-state index in [-0.39, 0.29) is 18.5 Å². The molecule has 4 amide bonds. The first-order chi connectivity index (χ1) is 12.7. The van der Waals surface area contributed by atoms with Crippen molar-refractivity contribution in [3.05, 3.63) is 35.6 Å². The molecule has 0 bridgehead atoms. The summed E-state index contributed by atoms with van der Waals surface area (Å²) in [6, 6.07) is 4.81. The topological polar surface area (TPSA) is 78.5 Å². The van der Waals surface area contributed by atoms with Gasteiger partial charge in [0, 0.05) is 6.04 Å². The van der Waals surface area contributed by atoms with Crippen molar-refractivity contribution in [2.45, 2.75) is 58.5 Å². The van der Waals surface area contributed by atoms with Crippen LogP contribution in [0.15, 0.2) is 24.3 Å². The van der Waals surface area contributed by atoms with E-state index in [1.54, 1.807) is 6.92 Å². The fraction of sp³-hybridized carbons (Fsp3) is 0.550. The minimum atomic E-state index is -1.27. The van der Waals surface area contributed by atoms with E-state index >= 15 is 0 Å². The normalized spacial score (nSPS) is 20.7. The van der Waals surface area contributed by atoms with Gasteiger partial charge in [-0.3, -0.25) is 14.5 Å². The zero-order valence-corrected chi connectivity index (χ0v) is 16.3. The molecule has 1 aliphatic heterocycles. The molecule has 0 aliphatic carbocycles. The van der Waals surface area contributed by atoms with E-state index in [0.29, 0.717) is 17.9 Å². The molecule has 0 spiro atoms. The first-order valence-electron chi connectivity index (χ1n) is 9.39. The Hall–Kier alpha value is -2.44. The largest absolute Gasteiger partial charge is 0.352 e. The van der Waals surface area contributed by atoms with E-state index in [9.17, 15) is 18.8 Å². The lowest BCUT2D eigenvalue weighted by molar-refractivity contribution is -0.135. The maximum Gasteiger partial charge on any atom is 0.325 e. The molecule has 27 heavy (non-hydrogen) atoms. The van der Waals surface area contributed by atoms with E-state index in [2.05, 4.69) is 24.5 Å². The number of nitrogens with one attached hydrogen (secondary N) is 2. The van der Waals surface area contributed by atoms with Gasteiger partial charge in [0.1, 0.15) is 17.9 Å². The fourth-order valence-electron chi connectivity index (χ4n) is 3.26. The SMILES string of the molecule is CC[C@]1(c2ccc(F)cc2)NC(=O)N(CC(=O)N[C@@H](C)CCC(C)C)C1=O. The molecule has 0 unspecified atom stereocenters. The van der Waals surface area contributed by atoms with Crippen molar-refractivity contribution >= 4 is 17.8 Å². The molecule has 2 atom stereocenters. The number of benzene rings is 1. The third kappa shape index (κ3) is 4.64. The molecule has 2 N–H and O–H groups in total. The van der Waals surface area contributed by atoms with Gasteiger partial charge < -0.3 is 10.6 Å². The average molecular weight is 377 g/mol. The predicted molar refractivity (Wildman–Crippen MR) is 100 cm³/mol. The summed E-state index contributed by atoms with van der Waals surface area (Å²) in [4.78, 5) is 38.6. The highest BCUT2D eigenvalue weighted by atomic mass is 19.1.